The standard InChI is InChI=1S/C18H29NO4/c1-5-7-10-22-13-16-11-15(8-9-17(16)23-6-2)18(20)19-14(3)12-21-4/h8-9,11,14H,5-7,10,12-13H2,1-4H3,(H,19,20)/t14-/m0/s1. The molecule has 1 amide bonds. The molecule has 5 nitrogen and oxygen atoms in total. The fraction of sp³-hybridized carbons (Fsp3) is 0.611. The van der Waals surface area contributed by atoms with E-state index >= 15 is 0 Å². The van der Waals surface area contributed by atoms with E-state index in [1.807, 2.05) is 26.0 Å². The van der Waals surface area contributed by atoms with E-state index in [1.165, 1.54) is 0 Å². The molecule has 130 valence electrons. The summed E-state index contributed by atoms with van der Waals surface area (Å²) in [7, 11) is 1.62. The molecule has 0 unspecified atom stereocenters. The van der Waals surface area contributed by atoms with Crippen molar-refractivity contribution in [3.8, 4) is 5.75 Å². The normalized spacial score (nSPS) is 12.0. The molecular weight excluding hydrogens is 294 g/mol. The molecule has 0 saturated carbocycles. The Morgan fingerprint density at radius 1 is 1.30 bits per heavy atom. The van der Waals surface area contributed by atoms with E-state index in [0.717, 1.165) is 24.2 Å². The lowest BCUT2D eigenvalue weighted by Gasteiger charge is -2.15. The van der Waals surface area contributed by atoms with Gasteiger partial charge in [-0.05, 0) is 38.5 Å². The van der Waals surface area contributed by atoms with Gasteiger partial charge in [0.05, 0.1) is 19.8 Å². The van der Waals surface area contributed by atoms with Crippen molar-refractivity contribution in [3.05, 3.63) is 29.3 Å². The first-order valence-electron chi connectivity index (χ1n) is 8.25. The zero-order valence-corrected chi connectivity index (χ0v) is 14.7. The van der Waals surface area contributed by atoms with Crippen molar-refractivity contribution in [1.29, 1.82) is 0 Å². The number of carbonyl (C=O) groups excluding carboxylic acids is 1. The van der Waals surface area contributed by atoms with E-state index in [-0.39, 0.29) is 11.9 Å². The monoisotopic (exact) mass is 323 g/mol. The molecule has 1 aromatic carbocycles. The molecule has 1 atom stereocenters. The van der Waals surface area contributed by atoms with E-state index in [2.05, 4.69) is 12.2 Å². The maximum absolute atomic E-state index is 12.3. The van der Waals surface area contributed by atoms with E-state index in [1.54, 1.807) is 13.2 Å². The Kier molecular flexibility index (Phi) is 9.33. The number of carbonyl (C=O) groups is 1. The topological polar surface area (TPSA) is 56.8 Å². The second kappa shape index (κ2) is 11.0. The Balaban J connectivity index is 2.78. The lowest BCUT2D eigenvalue weighted by Crippen LogP contribution is -2.35. The maximum atomic E-state index is 12.3. The van der Waals surface area contributed by atoms with Crippen LogP contribution in [0.1, 0.15) is 49.5 Å². The molecule has 0 radical (unpaired) electrons. The van der Waals surface area contributed by atoms with Crippen molar-refractivity contribution in [3.63, 3.8) is 0 Å². The smallest absolute Gasteiger partial charge is 0.251 e. The van der Waals surface area contributed by atoms with E-state index in [9.17, 15) is 4.79 Å². The van der Waals surface area contributed by atoms with Gasteiger partial charge >= 0.3 is 0 Å². The summed E-state index contributed by atoms with van der Waals surface area (Å²) in [5.74, 6) is 0.651. The van der Waals surface area contributed by atoms with Gasteiger partial charge in [0.25, 0.3) is 5.91 Å². The van der Waals surface area contributed by atoms with Crippen LogP contribution in [0.4, 0.5) is 0 Å². The number of rotatable bonds is 11. The molecule has 23 heavy (non-hydrogen) atoms. The Bertz CT molecular complexity index is 476. The lowest BCUT2D eigenvalue weighted by atomic mass is 10.1. The first kappa shape index (κ1) is 19.5. The summed E-state index contributed by atoms with van der Waals surface area (Å²) in [6.07, 6.45) is 2.12. The van der Waals surface area contributed by atoms with Crippen LogP contribution in [-0.2, 0) is 16.1 Å². The van der Waals surface area contributed by atoms with Gasteiger partial charge in [-0.3, -0.25) is 4.79 Å². The molecule has 0 aliphatic carbocycles. The Hall–Kier alpha value is -1.59. The molecule has 0 heterocycles. The van der Waals surface area contributed by atoms with Crippen LogP contribution in [0.3, 0.4) is 0 Å². The molecule has 5 heteroatoms. The molecule has 0 saturated heterocycles. The third-order valence-corrected chi connectivity index (χ3v) is 3.32. The number of hydrogen-bond acceptors (Lipinski definition) is 4. The van der Waals surface area contributed by atoms with Crippen molar-refractivity contribution in [2.24, 2.45) is 0 Å². The van der Waals surface area contributed by atoms with Crippen LogP contribution in [0.25, 0.3) is 0 Å². The largest absolute Gasteiger partial charge is 0.494 e. The molecule has 1 rings (SSSR count). The predicted octanol–water partition coefficient (Wildman–Crippen LogP) is 3.17. The predicted molar refractivity (Wildman–Crippen MR) is 91.0 cm³/mol. The summed E-state index contributed by atoms with van der Waals surface area (Å²) in [4.78, 5) is 12.3. The highest BCUT2D eigenvalue weighted by molar-refractivity contribution is 5.94. The highest BCUT2D eigenvalue weighted by atomic mass is 16.5. The zero-order chi connectivity index (χ0) is 17.1. The number of amides is 1. The average Bonchev–Trinajstić information content (AvgIpc) is 2.53. The fourth-order valence-electron chi connectivity index (χ4n) is 2.16. The van der Waals surface area contributed by atoms with Crippen LogP contribution in [0, 0.1) is 0 Å². The van der Waals surface area contributed by atoms with Gasteiger partial charge in [0.2, 0.25) is 0 Å². The Morgan fingerprint density at radius 3 is 2.74 bits per heavy atom. The van der Waals surface area contributed by atoms with Gasteiger partial charge in [0.15, 0.2) is 0 Å². The van der Waals surface area contributed by atoms with Crippen molar-refractivity contribution in [1.82, 2.24) is 5.32 Å². The molecule has 0 spiro atoms. The highest BCUT2D eigenvalue weighted by Gasteiger charge is 2.13. The number of nitrogens with one attached hydrogen (secondary N) is 1. The summed E-state index contributed by atoms with van der Waals surface area (Å²) in [6.45, 7) is 8.20. The molecule has 0 aliphatic heterocycles. The summed E-state index contributed by atoms with van der Waals surface area (Å²) < 4.78 is 16.3. The minimum atomic E-state index is -0.118. The SMILES string of the molecule is CCCCOCc1cc(C(=O)N[C@@H](C)COC)ccc1OCC. The van der Waals surface area contributed by atoms with Gasteiger partial charge in [-0.2, -0.15) is 0 Å². The van der Waals surface area contributed by atoms with E-state index in [4.69, 9.17) is 14.2 Å². The third kappa shape index (κ3) is 7.01. The minimum absolute atomic E-state index is 0.0386. The van der Waals surface area contributed by atoms with E-state index < -0.39 is 0 Å². The first-order valence-corrected chi connectivity index (χ1v) is 8.25. The summed E-state index contributed by atoms with van der Waals surface area (Å²) in [5, 5.41) is 2.91. The van der Waals surface area contributed by atoms with Crippen molar-refractivity contribution < 1.29 is 19.0 Å². The quantitative estimate of drug-likeness (QED) is 0.636. The van der Waals surface area contributed by atoms with Gasteiger partial charge in [-0.15, -0.1) is 0 Å². The number of hydrogen-bond donors (Lipinski definition) is 1. The molecule has 1 aromatic rings. The molecule has 0 fully saturated rings. The highest BCUT2D eigenvalue weighted by Crippen LogP contribution is 2.21. The van der Waals surface area contributed by atoms with Crippen LogP contribution in [0.2, 0.25) is 0 Å². The maximum Gasteiger partial charge on any atom is 0.251 e. The fourth-order valence-corrected chi connectivity index (χ4v) is 2.16. The second-order valence-electron chi connectivity index (χ2n) is 5.49. The summed E-state index contributed by atoms with van der Waals surface area (Å²) in [5.41, 5.74) is 1.50. The van der Waals surface area contributed by atoms with Gasteiger partial charge in [0.1, 0.15) is 5.75 Å². The van der Waals surface area contributed by atoms with Crippen LogP contribution in [0.15, 0.2) is 18.2 Å². The zero-order valence-electron chi connectivity index (χ0n) is 14.7. The van der Waals surface area contributed by atoms with Gasteiger partial charge < -0.3 is 19.5 Å². The van der Waals surface area contributed by atoms with Crippen molar-refractivity contribution in [2.45, 2.75) is 46.3 Å². The first-order chi connectivity index (χ1) is 11.1. The Morgan fingerprint density at radius 2 is 2.09 bits per heavy atom. The number of benzene rings is 1. The summed E-state index contributed by atoms with van der Waals surface area (Å²) in [6, 6.07) is 5.40. The van der Waals surface area contributed by atoms with Gasteiger partial charge in [-0.25, -0.2) is 0 Å². The van der Waals surface area contributed by atoms with Crippen molar-refractivity contribution in [2.75, 3.05) is 26.9 Å². The minimum Gasteiger partial charge on any atom is -0.494 e. The van der Waals surface area contributed by atoms with Gasteiger partial charge in [0, 0.05) is 30.9 Å². The number of unbranched alkanes of at least 4 members (excludes halogenated alkanes) is 1. The van der Waals surface area contributed by atoms with Crippen LogP contribution < -0.4 is 10.1 Å². The summed E-state index contributed by atoms with van der Waals surface area (Å²) >= 11 is 0. The van der Waals surface area contributed by atoms with Crippen molar-refractivity contribution >= 4 is 5.91 Å². The number of ether oxygens (including phenoxy) is 3. The molecular formula is C18H29NO4. The Labute approximate surface area is 139 Å². The third-order valence-electron chi connectivity index (χ3n) is 3.32. The average molecular weight is 323 g/mol. The molecule has 1 N–H and O–H groups in total. The van der Waals surface area contributed by atoms with E-state index in [0.29, 0.717) is 32.0 Å². The lowest BCUT2D eigenvalue weighted by molar-refractivity contribution is 0.0904. The van der Waals surface area contributed by atoms with Gasteiger partial charge in [-0.1, -0.05) is 13.3 Å². The molecule has 0 aromatic heterocycles. The molecule has 0 aliphatic rings. The molecule has 0 bridgehead atoms. The number of methoxy groups -OCH3 is 1. The van der Waals surface area contributed by atoms with Crippen LogP contribution >= 0.6 is 0 Å². The second-order valence-corrected chi connectivity index (χ2v) is 5.49. The van der Waals surface area contributed by atoms with Crippen LogP contribution in [0.5, 0.6) is 5.75 Å². The van der Waals surface area contributed by atoms with Crippen LogP contribution in [-0.4, -0.2) is 38.9 Å².